The van der Waals surface area contributed by atoms with E-state index in [0.717, 1.165) is 25.0 Å². The molecule has 2 aromatic rings. The molecule has 0 saturated heterocycles. The fourth-order valence-corrected chi connectivity index (χ4v) is 3.10. The minimum Gasteiger partial charge on any atom is -0.364 e. The molecule has 144 valence electrons. The molecule has 3 rings (SSSR count). The lowest BCUT2D eigenvalue weighted by atomic mass is 10.1. The van der Waals surface area contributed by atoms with Crippen LogP contribution in [0, 0.1) is 21.1 Å². The smallest absolute Gasteiger partial charge is 0.277 e. The number of benzene rings is 2. The van der Waals surface area contributed by atoms with Gasteiger partial charge < -0.3 is 10.4 Å². The number of amides is 1. The Hall–Kier alpha value is -1.49. The van der Waals surface area contributed by atoms with Gasteiger partial charge in [-0.1, -0.05) is 11.6 Å². The van der Waals surface area contributed by atoms with E-state index < -0.39 is 23.3 Å². The molecule has 1 aliphatic carbocycles. The highest BCUT2D eigenvalue weighted by molar-refractivity contribution is 14.1. The zero-order valence-corrected chi connectivity index (χ0v) is 17.1. The summed E-state index contributed by atoms with van der Waals surface area (Å²) in [4.78, 5) is 17.6. The molecule has 0 spiro atoms. The van der Waals surface area contributed by atoms with Gasteiger partial charge in [0.15, 0.2) is 5.79 Å². The van der Waals surface area contributed by atoms with Gasteiger partial charge in [-0.15, -0.1) is 0 Å². The number of halogens is 4. The van der Waals surface area contributed by atoms with E-state index in [4.69, 9.17) is 16.4 Å². The quantitative estimate of drug-likeness (QED) is 0.299. The van der Waals surface area contributed by atoms with Crippen LogP contribution in [0.25, 0.3) is 0 Å². The maximum Gasteiger partial charge on any atom is 0.277 e. The fraction of sp³-hybridized carbons (Fsp3) is 0.278. The molecule has 0 bridgehead atoms. The van der Waals surface area contributed by atoms with Gasteiger partial charge in [-0.2, -0.15) is 0 Å². The molecule has 1 fully saturated rings. The molecule has 1 unspecified atom stereocenters. The van der Waals surface area contributed by atoms with E-state index in [2.05, 4.69) is 10.8 Å². The van der Waals surface area contributed by atoms with Gasteiger partial charge in [0.05, 0.1) is 22.0 Å². The van der Waals surface area contributed by atoms with Crippen molar-refractivity contribution in [2.24, 2.45) is 5.92 Å². The lowest BCUT2D eigenvalue weighted by Crippen LogP contribution is -2.39. The third-order valence-electron chi connectivity index (χ3n) is 4.19. The van der Waals surface area contributed by atoms with E-state index in [-0.39, 0.29) is 27.9 Å². The average Bonchev–Trinajstić information content (AvgIpc) is 3.44. The molecule has 0 heterocycles. The van der Waals surface area contributed by atoms with E-state index in [1.54, 1.807) is 6.07 Å². The summed E-state index contributed by atoms with van der Waals surface area (Å²) >= 11 is 7.75. The molecule has 3 N–H and O–H groups in total. The standard InChI is InChI=1S/C18H16ClF2IN2O3/c1-18(26,9-2-3-9)27-24-17(25)11-7-12(19)13(20)8-16(11)23-15-5-4-10(22)6-14(15)21/h4-9,23,26H,2-3H2,1H3,(H,24,25). The predicted octanol–water partition coefficient (Wildman–Crippen LogP) is 4.75. The first kappa shape index (κ1) is 20.2. The summed E-state index contributed by atoms with van der Waals surface area (Å²) in [7, 11) is 0. The first-order valence-corrected chi connectivity index (χ1v) is 9.55. The van der Waals surface area contributed by atoms with Gasteiger partial charge in [-0.3, -0.25) is 4.79 Å². The van der Waals surface area contributed by atoms with Gasteiger partial charge in [-0.05, 0) is 72.7 Å². The van der Waals surface area contributed by atoms with Crippen LogP contribution in [0.2, 0.25) is 5.02 Å². The Morgan fingerprint density at radius 3 is 2.59 bits per heavy atom. The topological polar surface area (TPSA) is 70.6 Å². The third-order valence-corrected chi connectivity index (χ3v) is 5.15. The van der Waals surface area contributed by atoms with E-state index in [1.165, 1.54) is 19.1 Å². The summed E-state index contributed by atoms with van der Waals surface area (Å²) in [5, 5.41) is 12.5. The molecule has 1 saturated carbocycles. The van der Waals surface area contributed by atoms with E-state index in [9.17, 15) is 18.7 Å². The molecular weight excluding hydrogens is 493 g/mol. The highest BCUT2D eigenvalue weighted by Crippen LogP contribution is 2.39. The number of nitrogens with one attached hydrogen (secondary N) is 2. The van der Waals surface area contributed by atoms with Crippen LogP contribution in [0.4, 0.5) is 20.2 Å². The van der Waals surface area contributed by atoms with Gasteiger partial charge >= 0.3 is 0 Å². The van der Waals surface area contributed by atoms with Crippen molar-refractivity contribution in [1.29, 1.82) is 0 Å². The second-order valence-corrected chi connectivity index (χ2v) is 8.08. The van der Waals surface area contributed by atoms with Crippen molar-refractivity contribution in [2.75, 3.05) is 5.32 Å². The molecular formula is C18H16ClF2IN2O3. The zero-order chi connectivity index (χ0) is 19.8. The number of rotatable bonds is 6. The Labute approximate surface area is 173 Å². The number of anilines is 2. The number of aliphatic hydroxyl groups is 1. The maximum atomic E-state index is 14.1. The van der Waals surface area contributed by atoms with Gasteiger partial charge in [-0.25, -0.2) is 19.1 Å². The summed E-state index contributed by atoms with van der Waals surface area (Å²) in [6, 6.07) is 6.53. The fourth-order valence-electron chi connectivity index (χ4n) is 2.48. The summed E-state index contributed by atoms with van der Waals surface area (Å²) < 4.78 is 28.7. The largest absolute Gasteiger partial charge is 0.364 e. The van der Waals surface area contributed by atoms with Crippen molar-refractivity contribution in [3.63, 3.8) is 0 Å². The van der Waals surface area contributed by atoms with E-state index in [1.807, 2.05) is 22.6 Å². The van der Waals surface area contributed by atoms with Crippen LogP contribution in [0.15, 0.2) is 30.3 Å². The Bertz CT molecular complexity index is 891. The number of hydrogen-bond acceptors (Lipinski definition) is 4. The third kappa shape index (κ3) is 4.87. The normalized spacial score (nSPS) is 15.9. The minimum absolute atomic E-state index is 0.00386. The molecule has 0 aromatic heterocycles. The van der Waals surface area contributed by atoms with Crippen molar-refractivity contribution < 1.29 is 23.5 Å². The molecule has 1 amide bonds. The lowest BCUT2D eigenvalue weighted by molar-refractivity contribution is -0.230. The molecule has 9 heteroatoms. The molecule has 1 atom stereocenters. The molecule has 0 aliphatic heterocycles. The minimum atomic E-state index is -1.50. The van der Waals surface area contributed by atoms with Crippen LogP contribution in [0.3, 0.4) is 0 Å². The summed E-state index contributed by atoms with van der Waals surface area (Å²) in [5.74, 6) is -3.65. The van der Waals surface area contributed by atoms with E-state index >= 15 is 0 Å². The Kier molecular flexibility index (Phi) is 5.90. The summed E-state index contributed by atoms with van der Waals surface area (Å²) in [6.07, 6.45) is 1.59. The second-order valence-electron chi connectivity index (χ2n) is 6.42. The van der Waals surface area contributed by atoms with Crippen molar-refractivity contribution in [3.05, 3.63) is 56.1 Å². The van der Waals surface area contributed by atoms with Crippen LogP contribution in [-0.2, 0) is 4.84 Å². The first-order valence-electron chi connectivity index (χ1n) is 8.09. The Balaban J connectivity index is 1.85. The second kappa shape index (κ2) is 7.86. The summed E-state index contributed by atoms with van der Waals surface area (Å²) in [5.41, 5.74) is 2.16. The highest BCUT2D eigenvalue weighted by atomic mass is 127. The van der Waals surface area contributed by atoms with Gasteiger partial charge in [0.25, 0.3) is 5.91 Å². The summed E-state index contributed by atoms with van der Waals surface area (Å²) in [6.45, 7) is 1.45. The number of carbonyl (C=O) groups is 1. The van der Waals surface area contributed by atoms with Crippen LogP contribution in [0.1, 0.15) is 30.1 Å². The maximum absolute atomic E-state index is 14.1. The number of carbonyl (C=O) groups excluding carboxylic acids is 1. The van der Waals surface area contributed by atoms with Crippen molar-refractivity contribution in [1.82, 2.24) is 5.48 Å². The first-order chi connectivity index (χ1) is 12.7. The predicted molar refractivity (Wildman–Crippen MR) is 106 cm³/mol. The van der Waals surface area contributed by atoms with Gasteiger partial charge in [0.1, 0.15) is 11.6 Å². The van der Waals surface area contributed by atoms with Crippen LogP contribution >= 0.6 is 34.2 Å². The van der Waals surface area contributed by atoms with Crippen LogP contribution in [-0.4, -0.2) is 16.8 Å². The zero-order valence-electron chi connectivity index (χ0n) is 14.2. The van der Waals surface area contributed by atoms with E-state index in [0.29, 0.717) is 3.57 Å². The molecule has 1 aliphatic rings. The van der Waals surface area contributed by atoms with Gasteiger partial charge in [0.2, 0.25) is 0 Å². The monoisotopic (exact) mass is 508 g/mol. The molecule has 27 heavy (non-hydrogen) atoms. The molecule has 2 aromatic carbocycles. The number of hydroxylamine groups is 1. The SMILES string of the molecule is CC(O)(ONC(=O)c1cc(Cl)c(F)cc1Nc1ccc(I)cc1F)C1CC1. The molecule has 5 nitrogen and oxygen atoms in total. The van der Waals surface area contributed by atoms with Gasteiger partial charge in [0, 0.05) is 9.49 Å². The Morgan fingerprint density at radius 1 is 1.26 bits per heavy atom. The number of hydrogen-bond donors (Lipinski definition) is 3. The van der Waals surface area contributed by atoms with Crippen molar-refractivity contribution in [2.45, 2.75) is 25.6 Å². The Morgan fingerprint density at radius 2 is 1.96 bits per heavy atom. The highest BCUT2D eigenvalue weighted by Gasteiger charge is 2.42. The van der Waals surface area contributed by atoms with Crippen molar-refractivity contribution >= 4 is 51.5 Å². The van der Waals surface area contributed by atoms with Crippen LogP contribution in [0.5, 0.6) is 0 Å². The average molecular weight is 509 g/mol. The lowest BCUT2D eigenvalue weighted by Gasteiger charge is -2.23. The van der Waals surface area contributed by atoms with Crippen LogP contribution < -0.4 is 10.8 Å². The van der Waals surface area contributed by atoms with Crippen molar-refractivity contribution in [3.8, 4) is 0 Å². The molecule has 0 radical (unpaired) electrons.